The summed E-state index contributed by atoms with van der Waals surface area (Å²) in [4.78, 5) is 0. The molecule has 0 aliphatic heterocycles. The zero-order valence-electron chi connectivity index (χ0n) is 22.3. The molecule has 0 nitrogen and oxygen atoms in total. The second-order valence-electron chi connectivity index (χ2n) is 9.37. The summed E-state index contributed by atoms with van der Waals surface area (Å²) in [6.45, 7) is 8.49. The Labute approximate surface area is 251 Å². The van der Waals surface area contributed by atoms with Gasteiger partial charge in [0.15, 0.2) is 0 Å². The van der Waals surface area contributed by atoms with Gasteiger partial charge in [-0.15, -0.1) is 45.8 Å². The number of fused-ring (bicyclic) bond motifs is 2. The third kappa shape index (κ3) is 8.13. The Morgan fingerprint density at radius 3 is 1.21 bits per heavy atom. The molecule has 0 aromatic heterocycles. The summed E-state index contributed by atoms with van der Waals surface area (Å²) in [5.41, 5.74) is 7.86. The van der Waals surface area contributed by atoms with Gasteiger partial charge < -0.3 is 24.8 Å². The Morgan fingerprint density at radius 2 is 0.868 bits per heavy atom. The smallest absolute Gasteiger partial charge is 0.0200 e. The van der Waals surface area contributed by atoms with Gasteiger partial charge in [0.2, 0.25) is 0 Å². The Morgan fingerprint density at radius 1 is 0.526 bits per heavy atom. The topological polar surface area (TPSA) is 0 Å². The van der Waals surface area contributed by atoms with Gasteiger partial charge in [-0.25, -0.2) is 0 Å². The molecule has 38 heavy (non-hydrogen) atoms. The summed E-state index contributed by atoms with van der Waals surface area (Å²) < 4.78 is 1.42. The van der Waals surface area contributed by atoms with Gasteiger partial charge in [0.1, 0.15) is 0 Å². The SMILES string of the molecule is C[C](C)=[Ti+2].Cc1c[cH-]c2ccc(-c3ccccc3)cc12.Cc1c[cH-]c2ccc(-c3ccccc3)cc12.[Cl-].[Cl-]. The third-order valence-electron chi connectivity index (χ3n) is 6.20. The first kappa shape index (κ1) is 31.5. The fourth-order valence-electron chi connectivity index (χ4n) is 4.32. The van der Waals surface area contributed by atoms with Crippen molar-refractivity contribution in [1.29, 1.82) is 0 Å². The van der Waals surface area contributed by atoms with Crippen molar-refractivity contribution in [1.82, 2.24) is 0 Å². The minimum absolute atomic E-state index is 0. The Hall–Kier alpha value is -2.74. The molecule has 0 unspecified atom stereocenters. The predicted molar refractivity (Wildman–Crippen MR) is 156 cm³/mol. The van der Waals surface area contributed by atoms with Crippen LogP contribution >= 0.6 is 0 Å². The molecule has 192 valence electrons. The van der Waals surface area contributed by atoms with Crippen molar-refractivity contribution in [2.24, 2.45) is 0 Å². The third-order valence-corrected chi connectivity index (χ3v) is 6.20. The maximum absolute atomic E-state index is 2.28. The van der Waals surface area contributed by atoms with Crippen LogP contribution in [-0.2, 0) is 20.0 Å². The molecular weight excluding hydrogens is 539 g/mol. The maximum Gasteiger partial charge on any atom is -0.0200 e. The summed E-state index contributed by atoms with van der Waals surface area (Å²) in [7, 11) is 0. The molecule has 6 aromatic rings. The molecule has 0 atom stereocenters. The van der Waals surface area contributed by atoms with E-state index in [9.17, 15) is 0 Å². The van der Waals surface area contributed by atoms with Crippen molar-refractivity contribution in [2.75, 3.05) is 0 Å². The standard InChI is InChI=1S/2C16H13.C3H6.2ClH.Ti/c2*1-12-7-8-14-9-10-15(11-16(12)14)13-5-3-2-4-6-13;1-3-2;;;/h2*2-11H,1H3;1-2H3;2*1H;/q2*-1;;;;+2/p-2. The quantitative estimate of drug-likeness (QED) is 0.219. The summed E-state index contributed by atoms with van der Waals surface area (Å²) in [6, 6.07) is 43.1. The van der Waals surface area contributed by atoms with Gasteiger partial charge in [-0.05, 0) is 22.3 Å². The molecule has 0 amide bonds. The monoisotopic (exact) mass is 570 g/mol. The van der Waals surface area contributed by atoms with E-state index >= 15 is 0 Å². The summed E-state index contributed by atoms with van der Waals surface area (Å²) in [5, 5.41) is 5.39. The fraction of sp³-hybridized carbons (Fsp3) is 0.114. The number of hydrogen-bond donors (Lipinski definition) is 0. The largest absolute Gasteiger partial charge is 1.00 e. The second kappa shape index (κ2) is 15.0. The molecule has 0 fully saturated rings. The molecule has 0 saturated heterocycles. The minimum Gasteiger partial charge on any atom is -1.00 e. The summed E-state index contributed by atoms with van der Waals surface area (Å²) >= 11 is 2.08. The van der Waals surface area contributed by atoms with E-state index in [0.29, 0.717) is 0 Å². The molecule has 0 aliphatic rings. The zero-order chi connectivity index (χ0) is 25.5. The van der Waals surface area contributed by atoms with Gasteiger partial charge in [-0.3, -0.25) is 0 Å². The number of rotatable bonds is 2. The predicted octanol–water partition coefficient (Wildman–Crippen LogP) is 3.82. The zero-order valence-corrected chi connectivity index (χ0v) is 25.4. The maximum atomic E-state index is 2.28. The molecule has 0 bridgehead atoms. The molecule has 0 aliphatic carbocycles. The van der Waals surface area contributed by atoms with E-state index in [-0.39, 0.29) is 24.8 Å². The summed E-state index contributed by atoms with van der Waals surface area (Å²) in [5.74, 6) is 0. The van der Waals surface area contributed by atoms with Gasteiger partial charge in [0.05, 0.1) is 0 Å². The van der Waals surface area contributed by atoms with Crippen LogP contribution in [-0.4, -0.2) is 3.81 Å². The molecular formula is C35H32Cl2Ti-2. The Bertz CT molecular complexity index is 1460. The van der Waals surface area contributed by atoms with Crippen molar-refractivity contribution < 1.29 is 44.8 Å². The summed E-state index contributed by atoms with van der Waals surface area (Å²) in [6.07, 6.45) is 0. The van der Waals surface area contributed by atoms with Gasteiger partial charge in [0.25, 0.3) is 0 Å². The van der Waals surface area contributed by atoms with E-state index in [1.165, 1.54) is 58.7 Å². The van der Waals surface area contributed by atoms with Crippen LogP contribution in [0.15, 0.2) is 121 Å². The van der Waals surface area contributed by atoms with Crippen molar-refractivity contribution in [3.05, 3.63) is 132 Å². The van der Waals surface area contributed by atoms with E-state index in [4.69, 9.17) is 0 Å². The minimum atomic E-state index is 0. The van der Waals surface area contributed by atoms with E-state index in [1.807, 2.05) is 0 Å². The Kier molecular flexibility index (Phi) is 12.4. The first-order chi connectivity index (χ1) is 17.4. The number of halogens is 2. The van der Waals surface area contributed by atoms with Crippen LogP contribution in [0.1, 0.15) is 25.0 Å². The van der Waals surface area contributed by atoms with Crippen LogP contribution in [0.5, 0.6) is 0 Å². The van der Waals surface area contributed by atoms with Crippen LogP contribution < -0.4 is 24.8 Å². The van der Waals surface area contributed by atoms with E-state index < -0.39 is 0 Å². The molecule has 6 rings (SSSR count). The van der Waals surface area contributed by atoms with Crippen LogP contribution in [0.25, 0.3) is 43.8 Å². The van der Waals surface area contributed by atoms with Crippen molar-refractivity contribution >= 4 is 25.4 Å². The van der Waals surface area contributed by atoms with Crippen molar-refractivity contribution in [2.45, 2.75) is 27.7 Å². The molecule has 0 heterocycles. The first-order valence-electron chi connectivity index (χ1n) is 12.4. The van der Waals surface area contributed by atoms with Gasteiger partial charge in [0, 0.05) is 0 Å². The molecule has 3 heteroatoms. The van der Waals surface area contributed by atoms with Crippen LogP contribution in [0.2, 0.25) is 0 Å². The molecule has 0 spiro atoms. The van der Waals surface area contributed by atoms with E-state index in [0.717, 1.165) is 0 Å². The first-order valence-corrected chi connectivity index (χ1v) is 13.1. The number of aryl methyl sites for hydroxylation is 2. The van der Waals surface area contributed by atoms with Gasteiger partial charge in [-0.1, -0.05) is 98.8 Å². The van der Waals surface area contributed by atoms with E-state index in [2.05, 4.69) is 169 Å². The van der Waals surface area contributed by atoms with Crippen molar-refractivity contribution in [3.63, 3.8) is 0 Å². The molecule has 0 radical (unpaired) electrons. The van der Waals surface area contributed by atoms with Crippen LogP contribution in [0.3, 0.4) is 0 Å². The molecule has 0 N–H and O–H groups in total. The number of benzene rings is 4. The van der Waals surface area contributed by atoms with E-state index in [1.54, 1.807) is 0 Å². The second-order valence-corrected chi connectivity index (χ2v) is 10.9. The van der Waals surface area contributed by atoms with Gasteiger partial charge in [-0.2, -0.15) is 23.3 Å². The van der Waals surface area contributed by atoms with Crippen LogP contribution in [0.4, 0.5) is 0 Å². The average Bonchev–Trinajstić information content (AvgIpc) is 3.47. The number of hydrogen-bond acceptors (Lipinski definition) is 0. The van der Waals surface area contributed by atoms with Crippen molar-refractivity contribution in [3.8, 4) is 22.3 Å². The molecule has 6 aromatic carbocycles. The van der Waals surface area contributed by atoms with Gasteiger partial charge >= 0.3 is 37.6 Å². The fourth-order valence-corrected chi connectivity index (χ4v) is 4.32. The average molecular weight is 571 g/mol. The van der Waals surface area contributed by atoms with Crippen LogP contribution in [0, 0.1) is 13.8 Å². The normalized spacial score (nSPS) is 9.84. The molecule has 0 saturated carbocycles. The Balaban J connectivity index is 0.000000224.